The summed E-state index contributed by atoms with van der Waals surface area (Å²) in [5, 5.41) is 21.2. The molecule has 0 spiro atoms. The highest BCUT2D eigenvalue weighted by Gasteiger charge is 2.14. The molecule has 1 heterocycles. The maximum absolute atomic E-state index is 12.5. The van der Waals surface area contributed by atoms with Gasteiger partial charge in [-0.2, -0.15) is 5.26 Å². The van der Waals surface area contributed by atoms with Crippen molar-refractivity contribution < 1.29 is 14.3 Å². The number of ether oxygens (including phenoxy) is 2. The van der Waals surface area contributed by atoms with Gasteiger partial charge in [0.1, 0.15) is 41.4 Å². The van der Waals surface area contributed by atoms with Crippen molar-refractivity contribution in [3.63, 3.8) is 0 Å². The number of aryl methyl sites for hydroxylation is 1. The molecule has 0 atom stereocenters. The second kappa shape index (κ2) is 12.2. The van der Waals surface area contributed by atoms with Gasteiger partial charge in [-0.05, 0) is 36.6 Å². The first kappa shape index (κ1) is 23.7. The van der Waals surface area contributed by atoms with E-state index in [0.29, 0.717) is 29.7 Å². The fourth-order valence-corrected chi connectivity index (χ4v) is 3.59. The number of hydrogen-bond donors (Lipinski definition) is 1. The Morgan fingerprint density at radius 3 is 2.52 bits per heavy atom. The summed E-state index contributed by atoms with van der Waals surface area (Å²) in [6.07, 6.45) is 4.77. The van der Waals surface area contributed by atoms with Crippen molar-refractivity contribution in [1.29, 1.82) is 5.26 Å². The molecule has 1 N–H and O–H groups in total. The highest BCUT2D eigenvalue weighted by Crippen LogP contribution is 2.23. The fourth-order valence-electron chi connectivity index (χ4n) is 2.92. The van der Waals surface area contributed by atoms with E-state index >= 15 is 0 Å². The van der Waals surface area contributed by atoms with Gasteiger partial charge in [0.15, 0.2) is 0 Å². The predicted molar refractivity (Wildman–Crippen MR) is 129 cm³/mol. The number of aromatic nitrogens is 2. The first-order chi connectivity index (χ1) is 16.1. The molecule has 0 unspecified atom stereocenters. The molecule has 2 aromatic carbocycles. The van der Waals surface area contributed by atoms with Crippen LogP contribution < -0.4 is 14.8 Å². The number of nitriles is 1. The summed E-state index contributed by atoms with van der Waals surface area (Å²) in [7, 11) is 0. The number of nitrogens with one attached hydrogen (secondary N) is 1. The maximum Gasteiger partial charge on any atom is 0.268 e. The van der Waals surface area contributed by atoms with Crippen molar-refractivity contribution in [3.8, 4) is 17.6 Å². The van der Waals surface area contributed by atoms with Gasteiger partial charge in [-0.1, -0.05) is 60.7 Å². The van der Waals surface area contributed by atoms with E-state index < -0.39 is 5.91 Å². The second-order valence-electron chi connectivity index (χ2n) is 6.81. The van der Waals surface area contributed by atoms with E-state index in [1.165, 1.54) is 17.4 Å². The Labute approximate surface area is 197 Å². The monoisotopic (exact) mass is 460 g/mol. The van der Waals surface area contributed by atoms with Crippen LogP contribution in [0, 0.1) is 11.3 Å². The number of hydrogen-bond acceptors (Lipinski definition) is 7. The van der Waals surface area contributed by atoms with E-state index in [9.17, 15) is 10.1 Å². The molecule has 7 nitrogen and oxygen atoms in total. The van der Waals surface area contributed by atoms with Crippen molar-refractivity contribution >= 4 is 28.5 Å². The number of para-hydroxylation sites is 2. The lowest BCUT2D eigenvalue weighted by atomic mass is 10.1. The zero-order chi connectivity index (χ0) is 23.5. The summed E-state index contributed by atoms with van der Waals surface area (Å²) in [4.78, 5) is 12.5. The SMILES string of the molecule is C=CCc1ccccc1OCCOc1ccccc1/C=C(/C#N)C(=O)Nc1nnc(CC)s1. The lowest BCUT2D eigenvalue weighted by Crippen LogP contribution is -2.13. The number of nitrogens with zero attached hydrogens (tertiary/aromatic N) is 3. The molecule has 0 saturated carbocycles. The second-order valence-corrected chi connectivity index (χ2v) is 7.88. The minimum Gasteiger partial charge on any atom is -0.490 e. The van der Waals surface area contributed by atoms with E-state index in [2.05, 4.69) is 22.1 Å². The van der Waals surface area contributed by atoms with Crippen LogP contribution in [0.25, 0.3) is 6.08 Å². The predicted octanol–water partition coefficient (Wildman–Crippen LogP) is 4.83. The van der Waals surface area contributed by atoms with Crippen molar-refractivity contribution in [2.24, 2.45) is 0 Å². The highest BCUT2D eigenvalue weighted by molar-refractivity contribution is 7.15. The van der Waals surface area contributed by atoms with E-state index in [1.54, 1.807) is 12.1 Å². The molecule has 0 radical (unpaired) electrons. The molecule has 0 aliphatic carbocycles. The summed E-state index contributed by atoms with van der Waals surface area (Å²) in [5.74, 6) is 0.791. The molecule has 0 aliphatic heterocycles. The highest BCUT2D eigenvalue weighted by atomic mass is 32.1. The third kappa shape index (κ3) is 6.76. The normalized spacial score (nSPS) is 10.8. The first-order valence-electron chi connectivity index (χ1n) is 10.4. The third-order valence-electron chi connectivity index (χ3n) is 4.51. The lowest BCUT2D eigenvalue weighted by molar-refractivity contribution is -0.112. The maximum atomic E-state index is 12.5. The van der Waals surface area contributed by atoms with Gasteiger partial charge in [0.25, 0.3) is 5.91 Å². The van der Waals surface area contributed by atoms with Crippen LogP contribution >= 0.6 is 11.3 Å². The Morgan fingerprint density at radius 2 is 1.82 bits per heavy atom. The van der Waals surface area contributed by atoms with Gasteiger partial charge in [-0.15, -0.1) is 16.8 Å². The molecule has 1 aromatic heterocycles. The molecule has 0 bridgehead atoms. The first-order valence-corrected chi connectivity index (χ1v) is 11.2. The van der Waals surface area contributed by atoms with E-state index in [-0.39, 0.29) is 5.57 Å². The number of amides is 1. The van der Waals surface area contributed by atoms with Gasteiger partial charge in [0.2, 0.25) is 5.13 Å². The largest absolute Gasteiger partial charge is 0.490 e. The van der Waals surface area contributed by atoms with Crippen LogP contribution in [0.5, 0.6) is 11.5 Å². The minimum absolute atomic E-state index is 0.0612. The van der Waals surface area contributed by atoms with Gasteiger partial charge in [-0.25, -0.2) is 0 Å². The summed E-state index contributed by atoms with van der Waals surface area (Å²) in [5.41, 5.74) is 1.61. The topological polar surface area (TPSA) is 97.1 Å². The summed E-state index contributed by atoms with van der Waals surface area (Å²) < 4.78 is 11.7. The molecule has 168 valence electrons. The van der Waals surface area contributed by atoms with E-state index in [0.717, 1.165) is 29.2 Å². The molecule has 0 aliphatic rings. The molecule has 0 fully saturated rings. The summed E-state index contributed by atoms with van der Waals surface area (Å²) in [6.45, 7) is 6.36. The number of anilines is 1. The number of allylic oxidation sites excluding steroid dienone is 1. The average Bonchev–Trinajstić information content (AvgIpc) is 3.29. The average molecular weight is 461 g/mol. The van der Waals surface area contributed by atoms with Crippen LogP contribution in [0.1, 0.15) is 23.1 Å². The van der Waals surface area contributed by atoms with Gasteiger partial charge in [0, 0.05) is 5.56 Å². The number of rotatable bonds is 11. The Morgan fingerprint density at radius 1 is 1.12 bits per heavy atom. The zero-order valence-electron chi connectivity index (χ0n) is 18.3. The van der Waals surface area contributed by atoms with Crippen molar-refractivity contribution in [1.82, 2.24) is 10.2 Å². The van der Waals surface area contributed by atoms with Crippen molar-refractivity contribution in [2.75, 3.05) is 18.5 Å². The molecular formula is C25H24N4O3S. The van der Waals surface area contributed by atoms with Crippen LogP contribution in [0.2, 0.25) is 0 Å². The van der Waals surface area contributed by atoms with Crippen LogP contribution in [0.3, 0.4) is 0 Å². The van der Waals surface area contributed by atoms with Crippen molar-refractivity contribution in [3.05, 3.63) is 82.9 Å². The lowest BCUT2D eigenvalue weighted by Gasteiger charge is -2.12. The minimum atomic E-state index is -0.548. The summed E-state index contributed by atoms with van der Waals surface area (Å²) in [6, 6.07) is 16.9. The van der Waals surface area contributed by atoms with Crippen LogP contribution in [0.15, 0.2) is 66.8 Å². The Bertz CT molecular complexity index is 1180. The standard InChI is InChI=1S/C25H24N4O3S/c1-3-9-18-10-5-7-12-21(18)31-14-15-32-22-13-8-6-11-19(22)16-20(17-26)24(30)27-25-29-28-23(4-2)33-25/h3,5-8,10-13,16H,1,4,9,14-15H2,2H3,(H,27,29,30)/b20-16-. The molecular weight excluding hydrogens is 436 g/mol. The van der Waals surface area contributed by atoms with Crippen LogP contribution in [-0.2, 0) is 17.6 Å². The van der Waals surface area contributed by atoms with E-state index in [4.69, 9.17) is 9.47 Å². The molecule has 3 rings (SSSR count). The molecule has 0 saturated heterocycles. The quantitative estimate of drug-likeness (QED) is 0.190. The van der Waals surface area contributed by atoms with Gasteiger partial charge >= 0.3 is 0 Å². The molecule has 8 heteroatoms. The number of benzene rings is 2. The zero-order valence-corrected chi connectivity index (χ0v) is 19.1. The Balaban J connectivity index is 1.64. The van der Waals surface area contributed by atoms with Crippen LogP contribution in [-0.4, -0.2) is 29.3 Å². The van der Waals surface area contributed by atoms with Gasteiger partial charge in [-0.3, -0.25) is 10.1 Å². The van der Waals surface area contributed by atoms with Gasteiger partial charge < -0.3 is 9.47 Å². The molecule has 3 aromatic rings. The van der Waals surface area contributed by atoms with E-state index in [1.807, 2.05) is 55.5 Å². The Hall–Kier alpha value is -3.96. The molecule has 1 amide bonds. The smallest absolute Gasteiger partial charge is 0.268 e. The summed E-state index contributed by atoms with van der Waals surface area (Å²) >= 11 is 1.28. The van der Waals surface area contributed by atoms with Crippen molar-refractivity contribution in [2.45, 2.75) is 19.8 Å². The van der Waals surface area contributed by atoms with Gasteiger partial charge in [0.05, 0.1) is 0 Å². The molecule has 33 heavy (non-hydrogen) atoms. The Kier molecular flexibility index (Phi) is 8.74. The third-order valence-corrected chi connectivity index (χ3v) is 5.49. The fraction of sp³-hybridized carbons (Fsp3) is 0.200. The van der Waals surface area contributed by atoms with Crippen LogP contribution in [0.4, 0.5) is 5.13 Å². The number of carbonyl (C=O) groups excluding carboxylic acids is 1. The number of carbonyl (C=O) groups is 1.